The van der Waals surface area contributed by atoms with Gasteiger partial charge in [-0.15, -0.1) is 11.3 Å². The molecule has 0 amide bonds. The lowest BCUT2D eigenvalue weighted by molar-refractivity contribution is 0.295. The Morgan fingerprint density at radius 3 is 2.85 bits per heavy atom. The standard InChI is InChI=1S/C16H22N2OS/c1-11-10-20-16-17-12(2)15(18(11)16)8-14(9-19)13-6-4-3-5-7-13/h8,10,13,19H,3-7,9H2,1-2H3/b14-8-. The van der Waals surface area contributed by atoms with Crippen molar-refractivity contribution in [1.29, 1.82) is 0 Å². The quantitative estimate of drug-likeness (QED) is 0.928. The molecule has 0 aliphatic heterocycles. The summed E-state index contributed by atoms with van der Waals surface area (Å²) >= 11 is 1.68. The van der Waals surface area contributed by atoms with Crippen molar-refractivity contribution < 1.29 is 5.11 Å². The third kappa shape index (κ3) is 2.42. The van der Waals surface area contributed by atoms with E-state index < -0.39 is 0 Å². The number of aliphatic hydroxyl groups is 1. The Bertz CT molecular complexity index is 632. The number of aryl methyl sites for hydroxylation is 2. The molecule has 0 saturated heterocycles. The molecule has 1 aliphatic rings. The van der Waals surface area contributed by atoms with Crippen molar-refractivity contribution in [2.24, 2.45) is 5.92 Å². The normalized spacial score (nSPS) is 18.1. The van der Waals surface area contributed by atoms with Gasteiger partial charge in [0.05, 0.1) is 18.0 Å². The van der Waals surface area contributed by atoms with Gasteiger partial charge in [0, 0.05) is 11.1 Å². The van der Waals surface area contributed by atoms with Crippen LogP contribution in [-0.2, 0) is 0 Å². The van der Waals surface area contributed by atoms with E-state index in [0.717, 1.165) is 16.3 Å². The number of aliphatic hydroxyl groups excluding tert-OH is 1. The van der Waals surface area contributed by atoms with E-state index >= 15 is 0 Å². The summed E-state index contributed by atoms with van der Waals surface area (Å²) in [5, 5.41) is 11.9. The van der Waals surface area contributed by atoms with Gasteiger partial charge < -0.3 is 5.11 Å². The van der Waals surface area contributed by atoms with Crippen molar-refractivity contribution in [2.75, 3.05) is 6.61 Å². The molecule has 0 unspecified atom stereocenters. The predicted octanol–water partition coefficient (Wildman–Crippen LogP) is 3.97. The van der Waals surface area contributed by atoms with Crippen LogP contribution in [0.4, 0.5) is 0 Å². The first-order valence-electron chi connectivity index (χ1n) is 7.45. The minimum atomic E-state index is 0.167. The van der Waals surface area contributed by atoms with Gasteiger partial charge in [-0.05, 0) is 44.3 Å². The van der Waals surface area contributed by atoms with Gasteiger partial charge in [-0.1, -0.05) is 19.3 Å². The monoisotopic (exact) mass is 290 g/mol. The first-order valence-corrected chi connectivity index (χ1v) is 8.33. The molecule has 2 aromatic heterocycles. The summed E-state index contributed by atoms with van der Waals surface area (Å²) < 4.78 is 2.21. The second-order valence-electron chi connectivity index (χ2n) is 5.79. The van der Waals surface area contributed by atoms with Crippen LogP contribution < -0.4 is 0 Å². The Kier molecular flexibility index (Phi) is 3.94. The van der Waals surface area contributed by atoms with Crippen molar-refractivity contribution in [3.8, 4) is 0 Å². The lowest BCUT2D eigenvalue weighted by Gasteiger charge is -2.23. The molecule has 0 bridgehead atoms. The molecule has 0 atom stereocenters. The summed E-state index contributed by atoms with van der Waals surface area (Å²) in [4.78, 5) is 5.67. The van der Waals surface area contributed by atoms with Gasteiger partial charge in [0.25, 0.3) is 0 Å². The van der Waals surface area contributed by atoms with Crippen molar-refractivity contribution in [2.45, 2.75) is 46.0 Å². The van der Waals surface area contributed by atoms with E-state index in [1.807, 2.05) is 0 Å². The van der Waals surface area contributed by atoms with Crippen LogP contribution in [0, 0.1) is 19.8 Å². The highest BCUT2D eigenvalue weighted by Gasteiger charge is 2.19. The maximum absolute atomic E-state index is 9.76. The van der Waals surface area contributed by atoms with E-state index in [2.05, 4.69) is 34.7 Å². The fraction of sp³-hybridized carbons (Fsp3) is 0.562. The number of fused-ring (bicyclic) bond motifs is 1. The van der Waals surface area contributed by atoms with Gasteiger partial charge in [0.15, 0.2) is 4.96 Å². The summed E-state index contributed by atoms with van der Waals surface area (Å²) in [7, 11) is 0. The Morgan fingerprint density at radius 2 is 2.15 bits per heavy atom. The van der Waals surface area contributed by atoms with Crippen molar-refractivity contribution in [3.05, 3.63) is 28.0 Å². The van der Waals surface area contributed by atoms with Crippen LogP contribution in [0.5, 0.6) is 0 Å². The van der Waals surface area contributed by atoms with Crippen LogP contribution in [0.3, 0.4) is 0 Å². The molecule has 1 N–H and O–H groups in total. The molecule has 0 aromatic carbocycles. The fourth-order valence-electron chi connectivity index (χ4n) is 3.24. The van der Waals surface area contributed by atoms with Gasteiger partial charge in [-0.2, -0.15) is 0 Å². The van der Waals surface area contributed by atoms with Gasteiger partial charge in [0.1, 0.15) is 0 Å². The number of aromatic nitrogens is 2. The smallest absolute Gasteiger partial charge is 0.194 e. The molecule has 1 saturated carbocycles. The van der Waals surface area contributed by atoms with E-state index in [0.29, 0.717) is 5.92 Å². The van der Waals surface area contributed by atoms with Crippen LogP contribution >= 0.6 is 11.3 Å². The average Bonchev–Trinajstić information content (AvgIpc) is 2.97. The first-order chi connectivity index (χ1) is 9.70. The highest BCUT2D eigenvalue weighted by atomic mass is 32.1. The molecule has 1 fully saturated rings. The van der Waals surface area contributed by atoms with Gasteiger partial charge in [-0.3, -0.25) is 4.40 Å². The Balaban J connectivity index is 2.02. The van der Waals surface area contributed by atoms with Crippen LogP contribution in [0.2, 0.25) is 0 Å². The highest BCUT2D eigenvalue weighted by molar-refractivity contribution is 7.15. The molecule has 0 radical (unpaired) electrons. The van der Waals surface area contributed by atoms with E-state index in [9.17, 15) is 5.11 Å². The predicted molar refractivity (Wildman–Crippen MR) is 84.2 cm³/mol. The average molecular weight is 290 g/mol. The van der Waals surface area contributed by atoms with E-state index in [1.165, 1.54) is 43.4 Å². The lowest BCUT2D eigenvalue weighted by Crippen LogP contribution is -2.12. The van der Waals surface area contributed by atoms with Gasteiger partial charge >= 0.3 is 0 Å². The summed E-state index contributed by atoms with van der Waals surface area (Å²) in [6.07, 6.45) is 8.55. The molecule has 4 heteroatoms. The number of hydrogen-bond donors (Lipinski definition) is 1. The summed E-state index contributed by atoms with van der Waals surface area (Å²) in [5.74, 6) is 0.553. The topological polar surface area (TPSA) is 37.5 Å². The molecule has 0 spiro atoms. The number of imidazole rings is 1. The van der Waals surface area contributed by atoms with Crippen LogP contribution in [0.15, 0.2) is 11.0 Å². The number of hydrogen-bond acceptors (Lipinski definition) is 3. The second-order valence-corrected chi connectivity index (χ2v) is 6.63. The van der Waals surface area contributed by atoms with Crippen LogP contribution in [0.1, 0.15) is 49.2 Å². The SMILES string of the molecule is Cc1nc2scc(C)n2c1/C=C(/CO)C1CCCCC1. The van der Waals surface area contributed by atoms with Crippen molar-refractivity contribution in [3.63, 3.8) is 0 Å². The molecule has 108 valence electrons. The van der Waals surface area contributed by atoms with Gasteiger partial charge in [-0.25, -0.2) is 4.98 Å². The maximum Gasteiger partial charge on any atom is 0.194 e. The zero-order chi connectivity index (χ0) is 14.1. The Hall–Kier alpha value is -1.13. The molecule has 3 rings (SSSR count). The van der Waals surface area contributed by atoms with E-state index in [-0.39, 0.29) is 6.61 Å². The molecule has 20 heavy (non-hydrogen) atoms. The number of nitrogens with zero attached hydrogens (tertiary/aromatic N) is 2. The van der Waals surface area contributed by atoms with Crippen molar-refractivity contribution in [1.82, 2.24) is 9.38 Å². The highest BCUT2D eigenvalue weighted by Crippen LogP contribution is 2.31. The summed E-state index contributed by atoms with van der Waals surface area (Å²) in [5.41, 5.74) is 4.60. The Morgan fingerprint density at radius 1 is 1.40 bits per heavy atom. The summed E-state index contributed by atoms with van der Waals surface area (Å²) in [6.45, 7) is 4.34. The maximum atomic E-state index is 9.76. The lowest BCUT2D eigenvalue weighted by atomic mass is 9.83. The molecule has 1 aliphatic carbocycles. The molecule has 3 nitrogen and oxygen atoms in total. The first kappa shape index (κ1) is 13.8. The molecular formula is C16H22N2OS. The summed E-state index contributed by atoms with van der Waals surface area (Å²) in [6, 6.07) is 0. The zero-order valence-electron chi connectivity index (χ0n) is 12.2. The van der Waals surface area contributed by atoms with Crippen LogP contribution in [0.25, 0.3) is 11.0 Å². The van der Waals surface area contributed by atoms with Gasteiger partial charge in [0.2, 0.25) is 0 Å². The third-order valence-electron chi connectivity index (χ3n) is 4.39. The second kappa shape index (κ2) is 5.70. The van der Waals surface area contributed by atoms with Crippen molar-refractivity contribution >= 4 is 22.4 Å². The molecular weight excluding hydrogens is 268 g/mol. The minimum absolute atomic E-state index is 0.167. The van der Waals surface area contributed by atoms with E-state index in [4.69, 9.17) is 0 Å². The third-order valence-corrected chi connectivity index (χ3v) is 5.33. The zero-order valence-corrected chi connectivity index (χ0v) is 13.0. The Labute approximate surface area is 124 Å². The fourth-order valence-corrected chi connectivity index (χ4v) is 4.16. The number of rotatable bonds is 3. The number of thiazole rings is 1. The molecule has 2 heterocycles. The van der Waals surface area contributed by atoms with E-state index in [1.54, 1.807) is 11.3 Å². The minimum Gasteiger partial charge on any atom is -0.392 e. The van der Waals surface area contributed by atoms with Crippen LogP contribution in [-0.4, -0.2) is 21.1 Å². The largest absolute Gasteiger partial charge is 0.392 e. The molecule has 2 aromatic rings.